The van der Waals surface area contributed by atoms with Gasteiger partial charge in [0.05, 0.1) is 11.1 Å². The van der Waals surface area contributed by atoms with Crippen LogP contribution in [0.4, 0.5) is 0 Å². The Kier molecular flexibility index (Phi) is 7.40. The number of para-hydroxylation sites is 1. The van der Waals surface area contributed by atoms with E-state index in [9.17, 15) is 0 Å². The highest BCUT2D eigenvalue weighted by molar-refractivity contribution is 5.90. The lowest BCUT2D eigenvalue weighted by atomic mass is 10.1. The zero-order chi connectivity index (χ0) is 19.6. The Morgan fingerprint density at radius 2 is 1.46 bits per heavy atom. The van der Waals surface area contributed by atoms with Crippen molar-refractivity contribution in [3.05, 3.63) is 71.4 Å². The minimum atomic E-state index is 0.958. The standard InChI is InChI=1S/C27H29N/c1-3-4-5-6-7-8-9-13-19-27-25(22-21-23-16-11-10-12-17-23)24-18-14-15-20-26(24)28(27)2/h10-12,14-18,20H,3-9H2,1-2H3. The summed E-state index contributed by atoms with van der Waals surface area (Å²) in [6.45, 7) is 2.26. The Labute approximate surface area is 169 Å². The van der Waals surface area contributed by atoms with E-state index in [1.165, 1.54) is 49.4 Å². The number of aryl methyl sites for hydroxylation is 1. The van der Waals surface area contributed by atoms with Crippen molar-refractivity contribution in [2.45, 2.75) is 51.9 Å². The van der Waals surface area contributed by atoms with Crippen molar-refractivity contribution in [1.29, 1.82) is 0 Å². The van der Waals surface area contributed by atoms with E-state index >= 15 is 0 Å². The van der Waals surface area contributed by atoms with Gasteiger partial charge in [0.25, 0.3) is 0 Å². The minimum absolute atomic E-state index is 0.958. The van der Waals surface area contributed by atoms with Gasteiger partial charge in [-0.3, -0.25) is 0 Å². The number of aromatic nitrogens is 1. The number of unbranched alkanes of at least 4 members (excludes halogenated alkanes) is 6. The molecule has 1 heterocycles. The smallest absolute Gasteiger partial charge is 0.109 e. The van der Waals surface area contributed by atoms with Crippen LogP contribution in [0.15, 0.2) is 54.6 Å². The van der Waals surface area contributed by atoms with Crippen molar-refractivity contribution < 1.29 is 0 Å². The summed E-state index contributed by atoms with van der Waals surface area (Å²) < 4.78 is 2.18. The zero-order valence-electron chi connectivity index (χ0n) is 17.1. The van der Waals surface area contributed by atoms with Crippen LogP contribution in [0.25, 0.3) is 10.9 Å². The number of hydrogen-bond donors (Lipinski definition) is 0. The van der Waals surface area contributed by atoms with Crippen molar-refractivity contribution in [3.8, 4) is 23.7 Å². The van der Waals surface area contributed by atoms with Gasteiger partial charge in [0.15, 0.2) is 0 Å². The molecule has 0 atom stereocenters. The van der Waals surface area contributed by atoms with Crippen LogP contribution in [-0.2, 0) is 7.05 Å². The van der Waals surface area contributed by atoms with E-state index in [1.807, 2.05) is 30.3 Å². The second kappa shape index (κ2) is 10.4. The molecule has 28 heavy (non-hydrogen) atoms. The van der Waals surface area contributed by atoms with Crippen molar-refractivity contribution in [2.24, 2.45) is 7.05 Å². The molecule has 3 rings (SSSR count). The SMILES string of the molecule is CCCCCCCCC#Cc1c(C#Cc2ccccc2)c2ccccc2n1C. The molecule has 0 unspecified atom stereocenters. The van der Waals surface area contributed by atoms with Crippen LogP contribution >= 0.6 is 0 Å². The molecular formula is C27H29N. The molecule has 2 aromatic carbocycles. The van der Waals surface area contributed by atoms with E-state index in [0.29, 0.717) is 0 Å². The first kappa shape index (κ1) is 19.9. The fourth-order valence-electron chi connectivity index (χ4n) is 3.46. The van der Waals surface area contributed by atoms with Gasteiger partial charge in [0.2, 0.25) is 0 Å². The second-order valence-corrected chi connectivity index (χ2v) is 7.24. The summed E-state index contributed by atoms with van der Waals surface area (Å²) in [5.74, 6) is 13.5. The number of nitrogens with zero attached hydrogens (tertiary/aromatic N) is 1. The van der Waals surface area contributed by atoms with Gasteiger partial charge >= 0.3 is 0 Å². The molecule has 0 amide bonds. The van der Waals surface area contributed by atoms with Gasteiger partial charge in [-0.25, -0.2) is 0 Å². The first-order valence-electron chi connectivity index (χ1n) is 10.4. The van der Waals surface area contributed by atoms with Gasteiger partial charge in [-0.1, -0.05) is 93.2 Å². The van der Waals surface area contributed by atoms with Crippen molar-refractivity contribution in [2.75, 3.05) is 0 Å². The normalized spacial score (nSPS) is 10.2. The molecule has 0 radical (unpaired) electrons. The Balaban J connectivity index is 1.81. The van der Waals surface area contributed by atoms with Gasteiger partial charge in [-0.05, 0) is 30.5 Å². The summed E-state index contributed by atoms with van der Waals surface area (Å²) in [5.41, 5.74) is 4.28. The average molecular weight is 368 g/mol. The van der Waals surface area contributed by atoms with Crippen LogP contribution in [0.3, 0.4) is 0 Å². The molecular weight excluding hydrogens is 338 g/mol. The van der Waals surface area contributed by atoms with Gasteiger partial charge in [-0.15, -0.1) is 0 Å². The highest BCUT2D eigenvalue weighted by Gasteiger charge is 2.11. The summed E-state index contributed by atoms with van der Waals surface area (Å²) in [6.07, 6.45) is 8.76. The Hall–Kier alpha value is -2.90. The maximum atomic E-state index is 3.42. The molecule has 0 bridgehead atoms. The predicted molar refractivity (Wildman–Crippen MR) is 120 cm³/mol. The lowest BCUT2D eigenvalue weighted by Gasteiger charge is -1.98. The molecule has 0 fully saturated rings. The van der Waals surface area contributed by atoms with Crippen molar-refractivity contribution in [1.82, 2.24) is 4.57 Å². The molecule has 0 aliphatic heterocycles. The van der Waals surface area contributed by atoms with Crippen LogP contribution in [0.5, 0.6) is 0 Å². The molecule has 1 aromatic heterocycles. The highest BCUT2D eigenvalue weighted by Crippen LogP contribution is 2.24. The molecule has 0 spiro atoms. The van der Waals surface area contributed by atoms with Crippen molar-refractivity contribution in [3.63, 3.8) is 0 Å². The molecule has 0 saturated carbocycles. The number of rotatable bonds is 6. The molecule has 3 aromatic rings. The number of benzene rings is 2. The second-order valence-electron chi connectivity index (χ2n) is 7.24. The molecule has 0 N–H and O–H groups in total. The number of fused-ring (bicyclic) bond motifs is 1. The average Bonchev–Trinajstić information content (AvgIpc) is 3.01. The van der Waals surface area contributed by atoms with Crippen molar-refractivity contribution >= 4 is 10.9 Å². The third-order valence-electron chi connectivity index (χ3n) is 5.07. The third kappa shape index (κ3) is 5.09. The third-order valence-corrected chi connectivity index (χ3v) is 5.07. The Bertz CT molecular complexity index is 1020. The van der Waals surface area contributed by atoms with Gasteiger partial charge in [0.1, 0.15) is 5.69 Å². The van der Waals surface area contributed by atoms with Gasteiger partial charge in [-0.2, -0.15) is 0 Å². The lowest BCUT2D eigenvalue weighted by Crippen LogP contribution is -1.92. The minimum Gasteiger partial charge on any atom is -0.336 e. The van der Waals surface area contributed by atoms with Crippen LogP contribution in [-0.4, -0.2) is 4.57 Å². The van der Waals surface area contributed by atoms with Crippen LogP contribution < -0.4 is 0 Å². The van der Waals surface area contributed by atoms with Gasteiger partial charge in [0, 0.05) is 24.4 Å². The Morgan fingerprint density at radius 1 is 0.750 bits per heavy atom. The zero-order valence-corrected chi connectivity index (χ0v) is 17.1. The molecule has 142 valence electrons. The van der Waals surface area contributed by atoms with Gasteiger partial charge < -0.3 is 4.57 Å². The van der Waals surface area contributed by atoms with Crippen LogP contribution in [0, 0.1) is 23.7 Å². The predicted octanol–water partition coefficient (Wildman–Crippen LogP) is 6.68. The molecule has 1 heteroatoms. The fourth-order valence-corrected chi connectivity index (χ4v) is 3.46. The summed E-state index contributed by atoms with van der Waals surface area (Å²) >= 11 is 0. The summed E-state index contributed by atoms with van der Waals surface area (Å²) in [6, 6.07) is 18.6. The Morgan fingerprint density at radius 3 is 2.29 bits per heavy atom. The molecule has 0 aliphatic rings. The first-order chi connectivity index (χ1) is 13.8. The molecule has 0 aliphatic carbocycles. The first-order valence-corrected chi connectivity index (χ1v) is 10.4. The van der Waals surface area contributed by atoms with E-state index in [4.69, 9.17) is 0 Å². The number of hydrogen-bond acceptors (Lipinski definition) is 0. The monoisotopic (exact) mass is 367 g/mol. The van der Waals surface area contributed by atoms with Crippen LogP contribution in [0.1, 0.15) is 68.7 Å². The summed E-state index contributed by atoms with van der Waals surface area (Å²) in [4.78, 5) is 0. The summed E-state index contributed by atoms with van der Waals surface area (Å²) in [7, 11) is 2.09. The van der Waals surface area contributed by atoms with E-state index in [0.717, 1.165) is 23.2 Å². The largest absolute Gasteiger partial charge is 0.336 e. The lowest BCUT2D eigenvalue weighted by molar-refractivity contribution is 0.614. The molecule has 0 saturated heterocycles. The van der Waals surface area contributed by atoms with E-state index in [1.54, 1.807) is 0 Å². The van der Waals surface area contributed by atoms with E-state index < -0.39 is 0 Å². The fraction of sp³-hybridized carbons (Fsp3) is 0.333. The summed E-state index contributed by atoms with van der Waals surface area (Å²) in [5, 5.41) is 1.18. The quantitative estimate of drug-likeness (QED) is 0.338. The van der Waals surface area contributed by atoms with E-state index in [2.05, 4.69) is 66.5 Å². The highest BCUT2D eigenvalue weighted by atomic mass is 14.9. The van der Waals surface area contributed by atoms with Crippen LogP contribution in [0.2, 0.25) is 0 Å². The maximum absolute atomic E-state index is 3.42. The maximum Gasteiger partial charge on any atom is 0.109 e. The van der Waals surface area contributed by atoms with E-state index in [-0.39, 0.29) is 0 Å². The topological polar surface area (TPSA) is 4.93 Å². The molecule has 1 nitrogen and oxygen atoms in total.